The molecule has 0 radical (unpaired) electrons. The van der Waals surface area contributed by atoms with Crippen molar-refractivity contribution in [3.05, 3.63) is 33.9 Å². The Morgan fingerprint density at radius 1 is 1.45 bits per heavy atom. The molecular formula is C11H11F3N2O4. The molecule has 0 bridgehead atoms. The van der Waals surface area contributed by atoms with Gasteiger partial charge in [0.15, 0.2) is 0 Å². The van der Waals surface area contributed by atoms with Crippen molar-refractivity contribution >= 4 is 17.3 Å². The van der Waals surface area contributed by atoms with Crippen LogP contribution in [0.3, 0.4) is 0 Å². The van der Waals surface area contributed by atoms with Crippen molar-refractivity contribution in [2.24, 2.45) is 0 Å². The highest BCUT2D eigenvalue weighted by Crippen LogP contribution is 2.29. The highest BCUT2D eigenvalue weighted by Gasteiger charge is 2.32. The minimum atomic E-state index is -4.55. The first-order valence-corrected chi connectivity index (χ1v) is 5.49. The van der Waals surface area contributed by atoms with Crippen molar-refractivity contribution in [3.63, 3.8) is 0 Å². The lowest BCUT2D eigenvalue weighted by molar-refractivity contribution is -0.384. The molecule has 1 rings (SSSR count). The van der Waals surface area contributed by atoms with Gasteiger partial charge in [-0.15, -0.1) is 0 Å². The molecular weight excluding hydrogens is 281 g/mol. The third kappa shape index (κ3) is 3.84. The lowest BCUT2D eigenvalue weighted by atomic mass is 10.1. The van der Waals surface area contributed by atoms with E-state index in [1.165, 1.54) is 6.92 Å². The summed E-state index contributed by atoms with van der Waals surface area (Å²) < 4.78 is 37.3. The third-order valence-corrected chi connectivity index (χ3v) is 2.52. The first-order valence-electron chi connectivity index (χ1n) is 5.49. The largest absolute Gasteiger partial charge is 0.478 e. The maximum atomic E-state index is 12.4. The summed E-state index contributed by atoms with van der Waals surface area (Å²) in [5, 5.41) is 19.6. The molecule has 0 saturated heterocycles. The normalized spacial score (nSPS) is 11.2. The molecule has 0 amide bonds. The van der Waals surface area contributed by atoms with Gasteiger partial charge in [-0.3, -0.25) is 10.1 Å². The van der Waals surface area contributed by atoms with Crippen molar-refractivity contribution < 1.29 is 28.0 Å². The predicted octanol–water partition coefficient (Wildman–Crippen LogP) is 2.68. The Bertz CT molecular complexity index is 531. The number of alkyl halides is 3. The number of nitrogens with zero attached hydrogens (tertiary/aromatic N) is 2. The van der Waals surface area contributed by atoms with Crippen LogP contribution in [0.4, 0.5) is 24.5 Å². The Morgan fingerprint density at radius 3 is 2.45 bits per heavy atom. The van der Waals surface area contributed by atoms with Gasteiger partial charge in [0.1, 0.15) is 6.54 Å². The lowest BCUT2D eigenvalue weighted by Crippen LogP contribution is -2.35. The van der Waals surface area contributed by atoms with E-state index in [4.69, 9.17) is 5.11 Å². The number of hydrogen-bond acceptors (Lipinski definition) is 4. The van der Waals surface area contributed by atoms with E-state index < -0.39 is 34.9 Å². The van der Waals surface area contributed by atoms with Crippen LogP contribution in [-0.2, 0) is 0 Å². The quantitative estimate of drug-likeness (QED) is 0.666. The van der Waals surface area contributed by atoms with Gasteiger partial charge in [0, 0.05) is 18.7 Å². The fourth-order valence-corrected chi connectivity index (χ4v) is 1.66. The van der Waals surface area contributed by atoms with Crippen LogP contribution < -0.4 is 4.90 Å². The summed E-state index contributed by atoms with van der Waals surface area (Å²) in [4.78, 5) is 21.6. The molecule has 0 aliphatic heterocycles. The number of rotatable bonds is 5. The second-order valence-corrected chi connectivity index (χ2v) is 3.89. The van der Waals surface area contributed by atoms with Crippen molar-refractivity contribution in [2.75, 3.05) is 18.0 Å². The third-order valence-electron chi connectivity index (χ3n) is 2.52. The van der Waals surface area contributed by atoms with Gasteiger partial charge in [-0.1, -0.05) is 0 Å². The van der Waals surface area contributed by atoms with Gasteiger partial charge in [-0.05, 0) is 13.0 Å². The van der Waals surface area contributed by atoms with Gasteiger partial charge < -0.3 is 10.0 Å². The van der Waals surface area contributed by atoms with Crippen LogP contribution >= 0.6 is 0 Å². The van der Waals surface area contributed by atoms with Gasteiger partial charge in [0.05, 0.1) is 16.2 Å². The Hall–Kier alpha value is -2.32. The van der Waals surface area contributed by atoms with E-state index in [-0.39, 0.29) is 12.2 Å². The number of nitro benzene ring substituents is 1. The van der Waals surface area contributed by atoms with Crippen molar-refractivity contribution in [3.8, 4) is 0 Å². The Kier molecular flexibility index (Phi) is 4.53. The SMILES string of the molecule is CCN(CC(F)(F)F)c1cc([N+](=O)[O-])ccc1C(=O)O. The van der Waals surface area contributed by atoms with E-state index in [1.54, 1.807) is 0 Å². The summed E-state index contributed by atoms with van der Waals surface area (Å²) in [6.07, 6.45) is -4.55. The Balaban J connectivity index is 3.32. The maximum Gasteiger partial charge on any atom is 0.405 e. The lowest BCUT2D eigenvalue weighted by Gasteiger charge is -2.25. The molecule has 1 aromatic rings. The van der Waals surface area contributed by atoms with Crippen molar-refractivity contribution in [1.29, 1.82) is 0 Å². The number of carboxylic acids is 1. The van der Waals surface area contributed by atoms with Crippen LogP contribution in [0.15, 0.2) is 18.2 Å². The van der Waals surface area contributed by atoms with Gasteiger partial charge in [0.2, 0.25) is 0 Å². The second-order valence-electron chi connectivity index (χ2n) is 3.89. The predicted molar refractivity (Wildman–Crippen MR) is 64.0 cm³/mol. The average molecular weight is 292 g/mol. The number of carbonyl (C=O) groups is 1. The zero-order chi connectivity index (χ0) is 15.5. The highest BCUT2D eigenvalue weighted by molar-refractivity contribution is 5.95. The number of anilines is 1. The van der Waals surface area contributed by atoms with Gasteiger partial charge in [0.25, 0.3) is 5.69 Å². The first-order chi connectivity index (χ1) is 9.15. The van der Waals surface area contributed by atoms with Crippen LogP contribution in [0.25, 0.3) is 0 Å². The minimum Gasteiger partial charge on any atom is -0.478 e. The summed E-state index contributed by atoms with van der Waals surface area (Å²) >= 11 is 0. The fourth-order valence-electron chi connectivity index (χ4n) is 1.66. The van der Waals surface area contributed by atoms with Gasteiger partial charge in [-0.25, -0.2) is 4.79 Å². The van der Waals surface area contributed by atoms with Gasteiger partial charge >= 0.3 is 12.1 Å². The monoisotopic (exact) mass is 292 g/mol. The van der Waals surface area contributed by atoms with Crippen LogP contribution in [0.2, 0.25) is 0 Å². The molecule has 0 unspecified atom stereocenters. The number of halogens is 3. The summed E-state index contributed by atoms with van der Waals surface area (Å²) in [6.45, 7) is -0.123. The summed E-state index contributed by atoms with van der Waals surface area (Å²) in [5.41, 5.74) is -1.21. The number of non-ortho nitro benzene ring substituents is 1. The van der Waals surface area contributed by atoms with E-state index in [2.05, 4.69) is 0 Å². The summed E-state index contributed by atoms with van der Waals surface area (Å²) in [5.74, 6) is -1.45. The van der Waals surface area contributed by atoms with Crippen molar-refractivity contribution in [2.45, 2.75) is 13.1 Å². The highest BCUT2D eigenvalue weighted by atomic mass is 19.4. The van der Waals surface area contributed by atoms with Gasteiger partial charge in [-0.2, -0.15) is 13.2 Å². The van der Waals surface area contributed by atoms with E-state index in [9.17, 15) is 28.1 Å². The van der Waals surface area contributed by atoms with E-state index in [1.807, 2.05) is 0 Å². The smallest absolute Gasteiger partial charge is 0.405 e. The van der Waals surface area contributed by atoms with Crippen LogP contribution in [0.5, 0.6) is 0 Å². The standard InChI is InChI=1S/C11H11F3N2O4/c1-2-15(6-11(12,13)14)9-5-7(16(19)20)3-4-8(9)10(17)18/h3-5H,2,6H2,1H3,(H,17,18). The topological polar surface area (TPSA) is 83.7 Å². The van der Waals surface area contributed by atoms with Crippen LogP contribution in [-0.4, -0.2) is 35.3 Å². The molecule has 1 aromatic carbocycles. The zero-order valence-electron chi connectivity index (χ0n) is 10.3. The minimum absolute atomic E-state index is 0.138. The number of benzene rings is 1. The molecule has 0 aromatic heterocycles. The molecule has 0 saturated carbocycles. The molecule has 0 aliphatic rings. The number of aromatic carboxylic acids is 1. The molecule has 0 atom stereocenters. The molecule has 0 heterocycles. The van der Waals surface area contributed by atoms with E-state index >= 15 is 0 Å². The Morgan fingerprint density at radius 2 is 2.05 bits per heavy atom. The first kappa shape index (κ1) is 15.7. The average Bonchev–Trinajstić information content (AvgIpc) is 2.33. The number of nitro groups is 1. The summed E-state index contributed by atoms with van der Waals surface area (Å²) in [7, 11) is 0. The van der Waals surface area contributed by atoms with Crippen LogP contribution in [0.1, 0.15) is 17.3 Å². The molecule has 110 valence electrons. The molecule has 0 spiro atoms. The maximum absolute atomic E-state index is 12.4. The molecule has 0 fully saturated rings. The number of carboxylic acid groups (broad SMARTS) is 1. The number of hydrogen-bond donors (Lipinski definition) is 1. The van der Waals surface area contributed by atoms with E-state index in [0.717, 1.165) is 23.1 Å². The molecule has 6 nitrogen and oxygen atoms in total. The molecule has 20 heavy (non-hydrogen) atoms. The zero-order valence-corrected chi connectivity index (χ0v) is 10.3. The van der Waals surface area contributed by atoms with E-state index in [0.29, 0.717) is 0 Å². The van der Waals surface area contributed by atoms with Crippen LogP contribution in [0, 0.1) is 10.1 Å². The second kappa shape index (κ2) is 5.76. The molecule has 1 N–H and O–H groups in total. The molecule has 9 heteroatoms. The fraction of sp³-hybridized carbons (Fsp3) is 0.364. The molecule has 0 aliphatic carbocycles. The van der Waals surface area contributed by atoms with Crippen molar-refractivity contribution in [1.82, 2.24) is 0 Å². The Labute approximate surface area is 111 Å². The summed E-state index contributed by atoms with van der Waals surface area (Å²) in [6, 6.07) is 2.70.